The standard InChI is InChI=1S/C19H17ClN2O2/c1-2-13-21-19(24)15-8-4-6-10-17(15)22-18(23)12-11-14-7-3-5-9-16(14)20/h2-12H,1,13H2,(H,21,24)(H,22,23)/b12-11+. The largest absolute Gasteiger partial charge is 0.349 e. The van der Waals surface area contributed by atoms with Crippen LogP contribution in [0.15, 0.2) is 67.3 Å². The van der Waals surface area contributed by atoms with Crippen LogP contribution in [-0.4, -0.2) is 18.4 Å². The zero-order valence-corrected chi connectivity index (χ0v) is 13.7. The zero-order valence-electron chi connectivity index (χ0n) is 13.0. The van der Waals surface area contributed by atoms with Gasteiger partial charge in [-0.05, 0) is 29.8 Å². The minimum atomic E-state index is -0.348. The van der Waals surface area contributed by atoms with Crippen LogP contribution in [0.25, 0.3) is 6.08 Å². The van der Waals surface area contributed by atoms with Crippen LogP contribution in [0, 0.1) is 0 Å². The van der Waals surface area contributed by atoms with Crippen LogP contribution in [0.3, 0.4) is 0 Å². The van der Waals surface area contributed by atoms with Crippen molar-refractivity contribution >= 4 is 35.2 Å². The maximum Gasteiger partial charge on any atom is 0.253 e. The van der Waals surface area contributed by atoms with Gasteiger partial charge < -0.3 is 10.6 Å². The average molecular weight is 341 g/mol. The molecule has 122 valence electrons. The Hall–Kier alpha value is -2.85. The van der Waals surface area contributed by atoms with Gasteiger partial charge in [-0.1, -0.05) is 48.0 Å². The van der Waals surface area contributed by atoms with Gasteiger partial charge in [-0.2, -0.15) is 0 Å². The number of hydrogen-bond acceptors (Lipinski definition) is 2. The van der Waals surface area contributed by atoms with Crippen LogP contribution in [0.5, 0.6) is 0 Å². The van der Waals surface area contributed by atoms with Gasteiger partial charge in [0.15, 0.2) is 0 Å². The van der Waals surface area contributed by atoms with Crippen molar-refractivity contribution in [3.8, 4) is 0 Å². The number of nitrogens with one attached hydrogen (secondary N) is 2. The van der Waals surface area contributed by atoms with Gasteiger partial charge in [0.1, 0.15) is 0 Å². The third kappa shape index (κ3) is 4.83. The van der Waals surface area contributed by atoms with Gasteiger partial charge in [0, 0.05) is 17.6 Å². The van der Waals surface area contributed by atoms with Crippen LogP contribution in [0.2, 0.25) is 5.02 Å². The molecule has 24 heavy (non-hydrogen) atoms. The smallest absolute Gasteiger partial charge is 0.253 e. The molecule has 0 saturated heterocycles. The van der Waals surface area contributed by atoms with E-state index in [4.69, 9.17) is 11.6 Å². The van der Waals surface area contributed by atoms with Crippen molar-refractivity contribution in [3.05, 3.63) is 83.4 Å². The molecule has 0 radical (unpaired) electrons. The third-order valence-electron chi connectivity index (χ3n) is 3.16. The van der Waals surface area contributed by atoms with E-state index in [2.05, 4.69) is 17.2 Å². The number of anilines is 1. The molecule has 0 bridgehead atoms. The molecule has 2 N–H and O–H groups in total. The van der Waals surface area contributed by atoms with Crippen molar-refractivity contribution < 1.29 is 9.59 Å². The van der Waals surface area contributed by atoms with Crippen molar-refractivity contribution in [3.63, 3.8) is 0 Å². The van der Waals surface area contributed by atoms with Crippen LogP contribution >= 0.6 is 11.6 Å². The highest BCUT2D eigenvalue weighted by Gasteiger charge is 2.11. The highest BCUT2D eigenvalue weighted by molar-refractivity contribution is 6.32. The lowest BCUT2D eigenvalue weighted by Gasteiger charge is -2.09. The lowest BCUT2D eigenvalue weighted by molar-refractivity contribution is -0.111. The Morgan fingerprint density at radius 1 is 1.08 bits per heavy atom. The van der Waals surface area contributed by atoms with Gasteiger partial charge in [-0.3, -0.25) is 9.59 Å². The number of halogens is 1. The average Bonchev–Trinajstić information content (AvgIpc) is 2.59. The summed E-state index contributed by atoms with van der Waals surface area (Å²) in [5.74, 6) is -0.625. The zero-order chi connectivity index (χ0) is 17.4. The van der Waals surface area contributed by atoms with E-state index < -0.39 is 0 Å². The predicted molar refractivity (Wildman–Crippen MR) is 98.1 cm³/mol. The lowest BCUT2D eigenvalue weighted by atomic mass is 10.1. The van der Waals surface area contributed by atoms with Gasteiger partial charge in [0.2, 0.25) is 5.91 Å². The maximum absolute atomic E-state index is 12.1. The lowest BCUT2D eigenvalue weighted by Crippen LogP contribution is -2.24. The fourth-order valence-electron chi connectivity index (χ4n) is 2.00. The number of rotatable bonds is 6. The first-order valence-electron chi connectivity index (χ1n) is 7.33. The van der Waals surface area contributed by atoms with Crippen LogP contribution < -0.4 is 10.6 Å². The Balaban J connectivity index is 2.10. The van der Waals surface area contributed by atoms with E-state index in [1.807, 2.05) is 18.2 Å². The van der Waals surface area contributed by atoms with E-state index in [-0.39, 0.29) is 11.8 Å². The Morgan fingerprint density at radius 2 is 1.79 bits per heavy atom. The molecule has 0 unspecified atom stereocenters. The Kier molecular flexibility index (Phi) is 6.34. The second-order valence-electron chi connectivity index (χ2n) is 4.89. The van der Waals surface area contributed by atoms with Crippen molar-refractivity contribution in [2.75, 3.05) is 11.9 Å². The number of para-hydroxylation sites is 1. The molecule has 0 aliphatic rings. The number of carbonyl (C=O) groups excluding carboxylic acids is 2. The molecule has 2 rings (SSSR count). The fraction of sp³-hybridized carbons (Fsp3) is 0.0526. The fourth-order valence-corrected chi connectivity index (χ4v) is 2.20. The van der Waals surface area contributed by atoms with Crippen molar-refractivity contribution in [2.24, 2.45) is 0 Å². The summed E-state index contributed by atoms with van der Waals surface area (Å²) in [6.45, 7) is 3.91. The monoisotopic (exact) mass is 340 g/mol. The number of hydrogen-bond donors (Lipinski definition) is 2. The van der Waals surface area contributed by atoms with Gasteiger partial charge in [-0.15, -0.1) is 6.58 Å². The van der Waals surface area contributed by atoms with E-state index in [9.17, 15) is 9.59 Å². The van der Waals surface area contributed by atoms with Crippen LogP contribution in [-0.2, 0) is 4.79 Å². The van der Waals surface area contributed by atoms with E-state index in [1.165, 1.54) is 6.08 Å². The van der Waals surface area contributed by atoms with Crippen LogP contribution in [0.4, 0.5) is 5.69 Å². The highest BCUT2D eigenvalue weighted by atomic mass is 35.5. The van der Waals surface area contributed by atoms with Gasteiger partial charge in [0.25, 0.3) is 5.91 Å². The van der Waals surface area contributed by atoms with Crippen molar-refractivity contribution in [1.82, 2.24) is 5.32 Å². The normalized spacial score (nSPS) is 10.4. The van der Waals surface area contributed by atoms with Crippen molar-refractivity contribution in [1.29, 1.82) is 0 Å². The van der Waals surface area contributed by atoms with E-state index >= 15 is 0 Å². The number of carbonyl (C=O) groups is 2. The first-order valence-corrected chi connectivity index (χ1v) is 7.71. The summed E-state index contributed by atoms with van der Waals surface area (Å²) >= 11 is 6.04. The summed E-state index contributed by atoms with van der Waals surface area (Å²) in [5.41, 5.74) is 1.57. The first kappa shape index (κ1) is 17.5. The topological polar surface area (TPSA) is 58.2 Å². The molecule has 2 aromatic carbocycles. The second-order valence-corrected chi connectivity index (χ2v) is 5.30. The van der Waals surface area contributed by atoms with E-state index in [0.29, 0.717) is 22.8 Å². The summed E-state index contributed by atoms with van der Waals surface area (Å²) in [6, 6.07) is 14.0. The second kappa shape index (κ2) is 8.70. The molecular formula is C19H17ClN2O2. The molecule has 2 amide bonds. The van der Waals surface area contributed by atoms with E-state index in [0.717, 1.165) is 5.56 Å². The molecule has 2 aromatic rings. The molecule has 0 spiro atoms. The number of amides is 2. The molecular weight excluding hydrogens is 324 g/mol. The summed E-state index contributed by atoms with van der Waals surface area (Å²) in [5, 5.41) is 5.95. The minimum absolute atomic E-state index is 0.277. The van der Waals surface area contributed by atoms with Crippen molar-refractivity contribution in [2.45, 2.75) is 0 Å². The van der Waals surface area contributed by atoms with Crippen LogP contribution in [0.1, 0.15) is 15.9 Å². The molecule has 5 heteroatoms. The molecule has 0 atom stereocenters. The Morgan fingerprint density at radius 3 is 2.54 bits per heavy atom. The third-order valence-corrected chi connectivity index (χ3v) is 3.50. The highest BCUT2D eigenvalue weighted by Crippen LogP contribution is 2.17. The first-order chi connectivity index (χ1) is 11.6. The minimum Gasteiger partial charge on any atom is -0.349 e. The molecule has 0 fully saturated rings. The van der Waals surface area contributed by atoms with Gasteiger partial charge >= 0.3 is 0 Å². The van der Waals surface area contributed by atoms with Gasteiger partial charge in [0.05, 0.1) is 11.3 Å². The Bertz CT molecular complexity index is 784. The summed E-state index contributed by atoms with van der Waals surface area (Å²) in [6.07, 6.45) is 4.59. The molecule has 0 aliphatic carbocycles. The molecule has 0 saturated carbocycles. The quantitative estimate of drug-likeness (QED) is 0.618. The molecule has 4 nitrogen and oxygen atoms in total. The SMILES string of the molecule is C=CCNC(=O)c1ccccc1NC(=O)/C=C/c1ccccc1Cl. The number of benzene rings is 2. The predicted octanol–water partition coefficient (Wildman–Crippen LogP) is 3.91. The summed E-state index contributed by atoms with van der Waals surface area (Å²) < 4.78 is 0. The van der Waals surface area contributed by atoms with E-state index in [1.54, 1.807) is 42.5 Å². The maximum atomic E-state index is 12.1. The molecule has 0 heterocycles. The molecule has 0 aromatic heterocycles. The summed E-state index contributed by atoms with van der Waals surface area (Å²) in [4.78, 5) is 24.2. The van der Waals surface area contributed by atoms with Gasteiger partial charge in [-0.25, -0.2) is 0 Å². The summed E-state index contributed by atoms with van der Waals surface area (Å²) in [7, 11) is 0. The molecule has 0 aliphatic heterocycles. The Labute approximate surface area is 145 Å².